The van der Waals surface area contributed by atoms with Gasteiger partial charge >= 0.3 is 0 Å². The van der Waals surface area contributed by atoms with Crippen molar-refractivity contribution in [1.29, 1.82) is 0 Å². The molecule has 0 aromatic heterocycles. The maximum atomic E-state index is 10.9. The molecule has 0 aliphatic rings. The van der Waals surface area contributed by atoms with E-state index in [9.17, 15) is 4.79 Å². The fraction of sp³-hybridized carbons (Fsp3) is 0.833. The molecule has 72 valence electrons. The molecular weight excluding hydrogens is 224 g/mol. The first-order chi connectivity index (χ1) is 5.38. The van der Waals surface area contributed by atoms with Crippen LogP contribution >= 0.6 is 34.8 Å². The van der Waals surface area contributed by atoms with Crippen molar-refractivity contribution < 1.29 is 9.90 Å². The summed E-state index contributed by atoms with van der Waals surface area (Å²) in [6.45, 7) is 1.83. The number of carbonyl (C=O) groups is 1. The minimum absolute atomic E-state index is 0.303. The first-order valence-corrected chi connectivity index (χ1v) is 4.55. The van der Waals surface area contributed by atoms with E-state index in [1.54, 1.807) is 0 Å². The second kappa shape index (κ2) is 5.12. The average molecular weight is 235 g/mol. The van der Waals surface area contributed by atoms with Gasteiger partial charge in [0, 0.05) is 6.42 Å². The van der Waals surface area contributed by atoms with Gasteiger partial charge in [-0.15, -0.1) is 0 Å². The summed E-state index contributed by atoms with van der Waals surface area (Å²) >= 11 is 15.9. The van der Waals surface area contributed by atoms with Gasteiger partial charge < -0.3 is 10.4 Å². The van der Waals surface area contributed by atoms with Gasteiger partial charge in [-0.1, -0.05) is 41.7 Å². The predicted octanol–water partition coefficient (Wildman–Crippen LogP) is 1.59. The van der Waals surface area contributed by atoms with Crippen molar-refractivity contribution in [3.63, 3.8) is 0 Å². The highest BCUT2D eigenvalue weighted by Crippen LogP contribution is 2.28. The normalized spacial score (nSPS) is 14.1. The summed E-state index contributed by atoms with van der Waals surface area (Å²) in [6.07, 6.45) is -0.475. The Kier molecular flexibility index (Phi) is 5.25. The first kappa shape index (κ1) is 12.3. The molecule has 12 heavy (non-hydrogen) atoms. The lowest BCUT2D eigenvalue weighted by atomic mass is 10.3. The third-order valence-corrected chi connectivity index (χ3v) is 1.70. The summed E-state index contributed by atoms with van der Waals surface area (Å²) in [4.78, 5) is 10.9. The molecule has 2 N–H and O–H groups in total. The van der Waals surface area contributed by atoms with E-state index in [0.29, 0.717) is 12.8 Å². The number of amides is 1. The van der Waals surface area contributed by atoms with Crippen molar-refractivity contribution in [3.8, 4) is 0 Å². The zero-order valence-electron chi connectivity index (χ0n) is 6.48. The van der Waals surface area contributed by atoms with Gasteiger partial charge in [-0.25, -0.2) is 0 Å². The Morgan fingerprint density at radius 1 is 1.58 bits per heavy atom. The fourth-order valence-corrected chi connectivity index (χ4v) is 0.697. The molecule has 0 saturated heterocycles. The van der Waals surface area contributed by atoms with E-state index in [0.717, 1.165) is 0 Å². The second-order valence-electron chi connectivity index (χ2n) is 2.26. The van der Waals surface area contributed by atoms with Crippen LogP contribution in [-0.2, 0) is 4.79 Å². The van der Waals surface area contributed by atoms with Crippen LogP contribution in [0.15, 0.2) is 0 Å². The standard InChI is InChI=1S/C6H10Cl3NO2/c1-2-3-4(11)10-5(12)6(7,8)9/h5,12H,2-3H2,1H3,(H,10,11)/t5-/m1/s1. The smallest absolute Gasteiger partial charge is 0.234 e. The molecule has 0 aliphatic carbocycles. The molecule has 0 unspecified atom stereocenters. The number of nitrogens with one attached hydrogen (secondary N) is 1. The highest BCUT2D eigenvalue weighted by atomic mass is 35.6. The largest absolute Gasteiger partial charge is 0.369 e. The van der Waals surface area contributed by atoms with Gasteiger partial charge in [0.1, 0.15) is 0 Å². The van der Waals surface area contributed by atoms with E-state index < -0.39 is 10.0 Å². The average Bonchev–Trinajstić information content (AvgIpc) is 1.85. The van der Waals surface area contributed by atoms with E-state index in [2.05, 4.69) is 5.32 Å². The third kappa shape index (κ3) is 5.04. The van der Waals surface area contributed by atoms with Gasteiger partial charge in [0.25, 0.3) is 0 Å². The number of hydrogen-bond donors (Lipinski definition) is 2. The molecule has 0 bridgehead atoms. The number of rotatable bonds is 3. The van der Waals surface area contributed by atoms with Crippen LogP contribution in [0, 0.1) is 0 Å². The molecule has 0 spiro atoms. The van der Waals surface area contributed by atoms with Gasteiger partial charge in [-0.2, -0.15) is 0 Å². The molecule has 1 amide bonds. The quantitative estimate of drug-likeness (QED) is 0.575. The van der Waals surface area contributed by atoms with Crippen LogP contribution < -0.4 is 5.32 Å². The van der Waals surface area contributed by atoms with Crippen molar-refractivity contribution in [2.75, 3.05) is 0 Å². The van der Waals surface area contributed by atoms with Crippen molar-refractivity contribution in [3.05, 3.63) is 0 Å². The van der Waals surface area contributed by atoms with E-state index in [-0.39, 0.29) is 5.91 Å². The molecule has 0 aliphatic heterocycles. The number of aliphatic hydroxyl groups excluding tert-OH is 1. The summed E-state index contributed by atoms with van der Waals surface area (Å²) < 4.78 is -1.87. The molecule has 1 atom stereocenters. The van der Waals surface area contributed by atoms with Crippen molar-refractivity contribution >= 4 is 40.7 Å². The van der Waals surface area contributed by atoms with E-state index in [4.69, 9.17) is 39.9 Å². The molecule has 0 fully saturated rings. The van der Waals surface area contributed by atoms with Crippen molar-refractivity contribution in [1.82, 2.24) is 5.32 Å². The van der Waals surface area contributed by atoms with E-state index in [1.165, 1.54) is 0 Å². The maximum Gasteiger partial charge on any atom is 0.234 e. The Hall–Kier alpha value is 0.300. The van der Waals surface area contributed by atoms with E-state index >= 15 is 0 Å². The SMILES string of the molecule is CCCC(=O)N[C@H](O)C(Cl)(Cl)Cl. The molecular formula is C6H10Cl3NO2. The van der Waals surface area contributed by atoms with Gasteiger partial charge in [-0.3, -0.25) is 4.79 Å². The summed E-state index contributed by atoms with van der Waals surface area (Å²) in [5.74, 6) is -0.337. The zero-order chi connectivity index (χ0) is 9.78. The Morgan fingerprint density at radius 3 is 2.42 bits per heavy atom. The predicted molar refractivity (Wildman–Crippen MR) is 49.3 cm³/mol. The number of carbonyl (C=O) groups excluding carboxylic acids is 1. The second-order valence-corrected chi connectivity index (χ2v) is 4.63. The van der Waals surface area contributed by atoms with Crippen LogP contribution in [0.3, 0.4) is 0 Å². The lowest BCUT2D eigenvalue weighted by molar-refractivity contribution is -0.124. The fourth-order valence-electron chi connectivity index (χ4n) is 0.534. The summed E-state index contributed by atoms with van der Waals surface area (Å²) in [6, 6.07) is 0. The minimum atomic E-state index is -1.87. The van der Waals surface area contributed by atoms with E-state index in [1.807, 2.05) is 6.92 Å². The molecule has 0 saturated carbocycles. The Labute approximate surface area is 86.0 Å². The molecule has 0 heterocycles. The molecule has 0 aromatic carbocycles. The zero-order valence-corrected chi connectivity index (χ0v) is 8.75. The third-order valence-electron chi connectivity index (χ3n) is 1.08. The Balaban J connectivity index is 3.84. The van der Waals surface area contributed by atoms with Gasteiger partial charge in [-0.05, 0) is 6.42 Å². The topological polar surface area (TPSA) is 49.3 Å². The number of halogens is 3. The van der Waals surface area contributed by atoms with Crippen LogP contribution in [0.1, 0.15) is 19.8 Å². The number of alkyl halides is 3. The van der Waals surface area contributed by atoms with Crippen molar-refractivity contribution in [2.45, 2.75) is 29.8 Å². The molecule has 0 aromatic rings. The Bertz CT molecular complexity index is 157. The van der Waals surface area contributed by atoms with Crippen LogP contribution in [0.25, 0.3) is 0 Å². The molecule has 0 rings (SSSR count). The monoisotopic (exact) mass is 233 g/mol. The number of hydrogen-bond acceptors (Lipinski definition) is 2. The molecule has 3 nitrogen and oxygen atoms in total. The first-order valence-electron chi connectivity index (χ1n) is 3.42. The number of aliphatic hydroxyl groups is 1. The van der Waals surface area contributed by atoms with Gasteiger partial charge in [0.05, 0.1) is 0 Å². The van der Waals surface area contributed by atoms with Gasteiger partial charge in [0.2, 0.25) is 9.70 Å². The highest BCUT2D eigenvalue weighted by Gasteiger charge is 2.31. The Morgan fingerprint density at radius 2 is 2.08 bits per heavy atom. The lowest BCUT2D eigenvalue weighted by Gasteiger charge is -2.19. The van der Waals surface area contributed by atoms with Crippen molar-refractivity contribution in [2.24, 2.45) is 0 Å². The lowest BCUT2D eigenvalue weighted by Crippen LogP contribution is -2.43. The molecule has 0 radical (unpaired) electrons. The summed E-state index contributed by atoms with van der Waals surface area (Å²) in [5, 5.41) is 11.2. The molecule has 6 heteroatoms. The maximum absolute atomic E-state index is 10.9. The van der Waals surface area contributed by atoms with Crippen LogP contribution in [0.2, 0.25) is 0 Å². The minimum Gasteiger partial charge on any atom is -0.369 e. The van der Waals surface area contributed by atoms with Gasteiger partial charge in [0.15, 0.2) is 6.23 Å². The van der Waals surface area contributed by atoms with Crippen LogP contribution in [0.5, 0.6) is 0 Å². The van der Waals surface area contributed by atoms with Crippen LogP contribution in [-0.4, -0.2) is 21.0 Å². The van der Waals surface area contributed by atoms with Crippen LogP contribution in [0.4, 0.5) is 0 Å². The summed E-state index contributed by atoms with van der Waals surface area (Å²) in [7, 11) is 0. The summed E-state index contributed by atoms with van der Waals surface area (Å²) in [5.41, 5.74) is 0. The highest BCUT2D eigenvalue weighted by molar-refractivity contribution is 6.68.